The molecule has 1 heteroatoms. The lowest BCUT2D eigenvalue weighted by molar-refractivity contribution is 0.465. The van der Waals surface area contributed by atoms with E-state index < -0.39 is 0 Å². The van der Waals surface area contributed by atoms with Gasteiger partial charge in [0.25, 0.3) is 0 Å². The van der Waals surface area contributed by atoms with Crippen LogP contribution in [0.5, 0.6) is 5.75 Å². The van der Waals surface area contributed by atoms with Crippen LogP contribution < -0.4 is 0 Å². The minimum atomic E-state index is 0.415. The van der Waals surface area contributed by atoms with Crippen molar-refractivity contribution in [3.63, 3.8) is 0 Å². The van der Waals surface area contributed by atoms with Gasteiger partial charge < -0.3 is 5.11 Å². The zero-order valence-electron chi connectivity index (χ0n) is 10.9. The number of phenolic OH excluding ortho intramolecular Hbond substituents is 1. The second-order valence-electron chi connectivity index (χ2n) is 4.61. The van der Waals surface area contributed by atoms with E-state index in [1.165, 1.54) is 11.1 Å². The lowest BCUT2D eigenvalue weighted by Gasteiger charge is -2.06. The van der Waals surface area contributed by atoms with E-state index in [4.69, 9.17) is 0 Å². The molecule has 0 aromatic heterocycles. The fraction of sp³-hybridized carbons (Fsp3) is 0.176. The van der Waals surface area contributed by atoms with E-state index in [1.807, 2.05) is 37.3 Å². The molecule has 18 heavy (non-hydrogen) atoms. The topological polar surface area (TPSA) is 20.2 Å². The molecule has 0 spiro atoms. The molecule has 0 heterocycles. The van der Waals surface area contributed by atoms with Crippen LogP contribution in [0.25, 0.3) is 6.08 Å². The molecule has 0 amide bonds. The maximum Gasteiger partial charge on any atom is 0.122 e. The Morgan fingerprint density at radius 3 is 2.50 bits per heavy atom. The number of aromatic hydroxyl groups is 1. The SMILES string of the molecule is Cc1cc(C)c(O)c(C/C=C/c2ccccc2)c1. The number of hydrogen-bond donors (Lipinski definition) is 1. The van der Waals surface area contributed by atoms with Crippen LogP contribution in [-0.4, -0.2) is 5.11 Å². The van der Waals surface area contributed by atoms with E-state index in [9.17, 15) is 5.11 Å². The van der Waals surface area contributed by atoms with Gasteiger partial charge in [0.15, 0.2) is 0 Å². The van der Waals surface area contributed by atoms with E-state index in [0.29, 0.717) is 5.75 Å². The van der Waals surface area contributed by atoms with Gasteiger partial charge in [0.2, 0.25) is 0 Å². The van der Waals surface area contributed by atoms with Gasteiger partial charge in [-0.2, -0.15) is 0 Å². The number of benzene rings is 2. The van der Waals surface area contributed by atoms with Crippen molar-refractivity contribution >= 4 is 6.08 Å². The van der Waals surface area contributed by atoms with Crippen LogP contribution in [0.4, 0.5) is 0 Å². The predicted octanol–water partition coefficient (Wildman–Crippen LogP) is 4.26. The van der Waals surface area contributed by atoms with Gasteiger partial charge in [0, 0.05) is 0 Å². The Morgan fingerprint density at radius 1 is 1.06 bits per heavy atom. The quantitative estimate of drug-likeness (QED) is 0.846. The van der Waals surface area contributed by atoms with Crippen LogP contribution >= 0.6 is 0 Å². The van der Waals surface area contributed by atoms with E-state index >= 15 is 0 Å². The summed E-state index contributed by atoms with van der Waals surface area (Å²) >= 11 is 0. The fourth-order valence-electron chi connectivity index (χ4n) is 2.09. The summed E-state index contributed by atoms with van der Waals surface area (Å²) in [4.78, 5) is 0. The highest BCUT2D eigenvalue weighted by molar-refractivity contribution is 5.51. The highest BCUT2D eigenvalue weighted by Gasteiger charge is 2.03. The molecule has 2 aromatic rings. The molecule has 0 saturated carbocycles. The maximum absolute atomic E-state index is 9.99. The second-order valence-corrected chi connectivity index (χ2v) is 4.61. The molecule has 0 radical (unpaired) electrons. The summed E-state index contributed by atoms with van der Waals surface area (Å²) in [5, 5.41) is 9.99. The van der Waals surface area contributed by atoms with Gasteiger partial charge in [0.1, 0.15) is 5.75 Å². The Kier molecular flexibility index (Phi) is 3.83. The first-order valence-corrected chi connectivity index (χ1v) is 6.17. The van der Waals surface area contributed by atoms with E-state index in [2.05, 4.69) is 31.2 Å². The largest absolute Gasteiger partial charge is 0.507 e. The van der Waals surface area contributed by atoms with Gasteiger partial charge in [-0.15, -0.1) is 0 Å². The fourth-order valence-corrected chi connectivity index (χ4v) is 2.09. The van der Waals surface area contributed by atoms with Crippen molar-refractivity contribution < 1.29 is 5.11 Å². The van der Waals surface area contributed by atoms with Crippen molar-refractivity contribution in [3.8, 4) is 5.75 Å². The summed E-state index contributed by atoms with van der Waals surface area (Å²) in [7, 11) is 0. The third-order valence-electron chi connectivity index (χ3n) is 2.97. The number of hydrogen-bond acceptors (Lipinski definition) is 1. The third-order valence-corrected chi connectivity index (χ3v) is 2.97. The van der Waals surface area contributed by atoms with Crippen LogP contribution in [0.1, 0.15) is 22.3 Å². The molecular weight excluding hydrogens is 220 g/mol. The van der Waals surface area contributed by atoms with E-state index in [1.54, 1.807) is 0 Å². The first kappa shape index (κ1) is 12.4. The molecule has 0 aliphatic rings. The average molecular weight is 238 g/mol. The first-order valence-electron chi connectivity index (χ1n) is 6.17. The molecule has 0 fully saturated rings. The molecule has 92 valence electrons. The van der Waals surface area contributed by atoms with Crippen LogP contribution in [-0.2, 0) is 6.42 Å². The normalized spacial score (nSPS) is 11.0. The van der Waals surface area contributed by atoms with Crippen molar-refractivity contribution in [2.24, 2.45) is 0 Å². The van der Waals surface area contributed by atoms with Crippen LogP contribution in [0.2, 0.25) is 0 Å². The molecule has 2 aromatic carbocycles. The zero-order valence-corrected chi connectivity index (χ0v) is 10.9. The summed E-state index contributed by atoms with van der Waals surface area (Å²) in [6.07, 6.45) is 4.92. The highest BCUT2D eigenvalue weighted by Crippen LogP contribution is 2.24. The van der Waals surface area contributed by atoms with E-state index in [-0.39, 0.29) is 0 Å². The lowest BCUT2D eigenvalue weighted by atomic mass is 10.0. The number of aryl methyl sites for hydroxylation is 2. The number of allylic oxidation sites excluding steroid dienone is 1. The summed E-state index contributed by atoms with van der Waals surface area (Å²) in [6, 6.07) is 14.2. The molecule has 0 atom stereocenters. The van der Waals surface area contributed by atoms with Crippen LogP contribution in [0.3, 0.4) is 0 Å². The highest BCUT2D eigenvalue weighted by atomic mass is 16.3. The molecule has 1 nitrogen and oxygen atoms in total. The summed E-state index contributed by atoms with van der Waals surface area (Å²) in [5.74, 6) is 0.415. The van der Waals surface area contributed by atoms with Gasteiger partial charge in [-0.1, -0.05) is 60.2 Å². The smallest absolute Gasteiger partial charge is 0.122 e. The molecule has 0 aliphatic heterocycles. The molecule has 2 rings (SSSR count). The standard InChI is InChI=1S/C17H18O/c1-13-11-14(2)17(18)16(12-13)10-6-9-15-7-4-3-5-8-15/h3-9,11-12,18H,10H2,1-2H3/b9-6+. The maximum atomic E-state index is 9.99. The van der Waals surface area contributed by atoms with Gasteiger partial charge in [0.05, 0.1) is 0 Å². The first-order chi connectivity index (χ1) is 8.66. The van der Waals surface area contributed by atoms with Crippen LogP contribution in [0, 0.1) is 13.8 Å². The van der Waals surface area contributed by atoms with Crippen molar-refractivity contribution in [3.05, 3.63) is 70.8 Å². The minimum Gasteiger partial charge on any atom is -0.507 e. The Balaban J connectivity index is 2.14. The zero-order chi connectivity index (χ0) is 13.0. The van der Waals surface area contributed by atoms with Crippen molar-refractivity contribution in [1.82, 2.24) is 0 Å². The molecule has 1 N–H and O–H groups in total. The molecular formula is C17H18O. The van der Waals surface area contributed by atoms with Gasteiger partial charge in [-0.25, -0.2) is 0 Å². The molecule has 0 bridgehead atoms. The number of phenols is 1. The van der Waals surface area contributed by atoms with Gasteiger partial charge in [-0.05, 0) is 37.0 Å². The van der Waals surface area contributed by atoms with Gasteiger partial charge in [-0.3, -0.25) is 0 Å². The van der Waals surface area contributed by atoms with Crippen molar-refractivity contribution in [2.75, 3.05) is 0 Å². The Bertz CT molecular complexity index is 553. The summed E-state index contributed by atoms with van der Waals surface area (Å²) < 4.78 is 0. The van der Waals surface area contributed by atoms with Crippen LogP contribution in [0.15, 0.2) is 48.5 Å². The van der Waals surface area contributed by atoms with Crippen molar-refractivity contribution in [1.29, 1.82) is 0 Å². The molecule has 0 saturated heterocycles. The lowest BCUT2D eigenvalue weighted by Crippen LogP contribution is -1.88. The Hall–Kier alpha value is -2.02. The summed E-state index contributed by atoms with van der Waals surface area (Å²) in [5.41, 5.74) is 4.30. The molecule has 0 unspecified atom stereocenters. The van der Waals surface area contributed by atoms with Crippen molar-refractivity contribution in [2.45, 2.75) is 20.3 Å². The number of rotatable bonds is 3. The van der Waals surface area contributed by atoms with E-state index in [0.717, 1.165) is 17.5 Å². The summed E-state index contributed by atoms with van der Waals surface area (Å²) in [6.45, 7) is 3.99. The predicted molar refractivity (Wildman–Crippen MR) is 76.8 cm³/mol. The Morgan fingerprint density at radius 2 is 1.78 bits per heavy atom. The third kappa shape index (κ3) is 3.01. The van der Waals surface area contributed by atoms with Gasteiger partial charge >= 0.3 is 0 Å². The minimum absolute atomic E-state index is 0.415. The second kappa shape index (κ2) is 5.54. The Labute approximate surface area is 108 Å². The molecule has 0 aliphatic carbocycles. The monoisotopic (exact) mass is 238 g/mol. The average Bonchev–Trinajstić information content (AvgIpc) is 2.36.